The molecule has 0 amide bonds. The summed E-state index contributed by atoms with van der Waals surface area (Å²) in [5.74, 6) is 0. The van der Waals surface area contributed by atoms with Crippen LogP contribution in [0.5, 0.6) is 0 Å². The molecule has 0 aliphatic rings. The second-order valence-corrected chi connectivity index (χ2v) is 4.62. The highest BCUT2D eigenvalue weighted by Gasteiger charge is 2.35. The van der Waals surface area contributed by atoms with Crippen molar-refractivity contribution in [3.63, 3.8) is 0 Å². The number of carbonyl (C=O) groups is 1. The number of alkyl halides is 3. The van der Waals surface area contributed by atoms with Gasteiger partial charge in [-0.25, -0.2) is 0 Å². The van der Waals surface area contributed by atoms with E-state index in [-0.39, 0.29) is 6.54 Å². The van der Waals surface area contributed by atoms with E-state index in [2.05, 4.69) is 0 Å². The van der Waals surface area contributed by atoms with Gasteiger partial charge in [0.2, 0.25) is 0 Å². The maximum absolute atomic E-state index is 13.0. The maximum Gasteiger partial charge on any atom is 0.431 e. The van der Waals surface area contributed by atoms with E-state index in [4.69, 9.17) is 11.6 Å². The van der Waals surface area contributed by atoms with Crippen molar-refractivity contribution < 1.29 is 18.0 Å². The number of hydrogen-bond donors (Lipinski definition) is 0. The van der Waals surface area contributed by atoms with E-state index in [0.29, 0.717) is 16.2 Å². The van der Waals surface area contributed by atoms with Crippen LogP contribution in [0.25, 0.3) is 0 Å². The molecule has 0 spiro atoms. The monoisotopic (exact) mass is 315 g/mol. The molecule has 0 radical (unpaired) electrons. The van der Waals surface area contributed by atoms with E-state index in [0.717, 1.165) is 6.07 Å². The summed E-state index contributed by atoms with van der Waals surface area (Å²) in [4.78, 5) is 23.1. The van der Waals surface area contributed by atoms with Crippen molar-refractivity contribution in [2.45, 2.75) is 12.7 Å². The molecule has 0 atom stereocenters. The quantitative estimate of drug-likeness (QED) is 0.815. The van der Waals surface area contributed by atoms with Crippen molar-refractivity contribution in [3.05, 3.63) is 69.6 Å². The minimum atomic E-state index is -4.71. The summed E-state index contributed by atoms with van der Waals surface area (Å²) in [7, 11) is 0. The van der Waals surface area contributed by atoms with Gasteiger partial charge in [-0.3, -0.25) is 14.2 Å². The highest BCUT2D eigenvalue weighted by Crippen LogP contribution is 2.29. The van der Waals surface area contributed by atoms with E-state index in [9.17, 15) is 22.8 Å². The predicted octanol–water partition coefficient (Wildman–Crippen LogP) is 3.29. The summed E-state index contributed by atoms with van der Waals surface area (Å²) >= 11 is 5.22. The Kier molecular flexibility index (Phi) is 4.18. The highest BCUT2D eigenvalue weighted by atomic mass is 35.5. The van der Waals surface area contributed by atoms with Crippen LogP contribution in [0, 0.1) is 0 Å². The van der Waals surface area contributed by atoms with Crippen LogP contribution in [0.2, 0.25) is 0 Å². The molecular weight excluding hydrogens is 307 g/mol. The molecule has 0 bridgehead atoms. The van der Waals surface area contributed by atoms with E-state index in [1.54, 1.807) is 30.3 Å². The van der Waals surface area contributed by atoms with Crippen LogP contribution in [-0.4, -0.2) is 9.81 Å². The first-order valence-electron chi connectivity index (χ1n) is 5.85. The minimum Gasteiger partial charge on any atom is -0.299 e. The number of nitrogens with zero attached hydrogens (tertiary/aromatic N) is 1. The summed E-state index contributed by atoms with van der Waals surface area (Å²) in [6.45, 7) is -0.299. The Bertz CT molecular complexity index is 723. The molecule has 0 aliphatic carbocycles. The third-order valence-electron chi connectivity index (χ3n) is 2.86. The molecule has 0 unspecified atom stereocenters. The first-order chi connectivity index (χ1) is 9.80. The number of aromatic nitrogens is 1. The smallest absolute Gasteiger partial charge is 0.299 e. The molecule has 0 saturated heterocycles. The van der Waals surface area contributed by atoms with E-state index < -0.39 is 28.2 Å². The fourth-order valence-electron chi connectivity index (χ4n) is 1.90. The largest absolute Gasteiger partial charge is 0.431 e. The molecule has 1 aromatic heterocycles. The van der Waals surface area contributed by atoms with Gasteiger partial charge in [0, 0.05) is 0 Å². The Morgan fingerprint density at radius 2 is 1.71 bits per heavy atom. The molecule has 21 heavy (non-hydrogen) atoms. The molecule has 2 rings (SSSR count). The normalized spacial score (nSPS) is 11.4. The SMILES string of the molecule is O=C(Cl)c1ccc(C(F)(F)F)n(Cc2ccccc2)c1=O. The number of halogens is 4. The lowest BCUT2D eigenvalue weighted by Gasteiger charge is -2.16. The lowest BCUT2D eigenvalue weighted by atomic mass is 10.2. The Hall–Kier alpha value is -2.08. The fourth-order valence-corrected chi connectivity index (χ4v) is 2.04. The molecule has 3 nitrogen and oxygen atoms in total. The lowest BCUT2D eigenvalue weighted by Crippen LogP contribution is -2.31. The van der Waals surface area contributed by atoms with Crippen LogP contribution in [0.4, 0.5) is 13.2 Å². The summed E-state index contributed by atoms with van der Waals surface area (Å²) < 4.78 is 39.5. The Labute approximate surface area is 122 Å². The molecule has 7 heteroatoms. The van der Waals surface area contributed by atoms with Crippen LogP contribution >= 0.6 is 11.6 Å². The van der Waals surface area contributed by atoms with Crippen LogP contribution in [0.15, 0.2) is 47.3 Å². The molecule has 1 heterocycles. The average Bonchev–Trinajstić information content (AvgIpc) is 2.40. The molecule has 0 fully saturated rings. The van der Waals surface area contributed by atoms with Crippen LogP contribution < -0.4 is 5.56 Å². The average molecular weight is 316 g/mol. The third kappa shape index (κ3) is 3.33. The van der Waals surface area contributed by atoms with Gasteiger partial charge in [-0.05, 0) is 29.3 Å². The fraction of sp³-hybridized carbons (Fsp3) is 0.143. The standard InChI is InChI=1S/C14H9ClF3NO2/c15-12(20)10-6-7-11(14(16,17)18)19(13(10)21)8-9-4-2-1-3-5-9/h1-7H,8H2. The Morgan fingerprint density at radius 3 is 2.24 bits per heavy atom. The van der Waals surface area contributed by atoms with Crippen molar-refractivity contribution in [3.8, 4) is 0 Å². The number of benzene rings is 1. The summed E-state index contributed by atoms with van der Waals surface area (Å²) in [6.07, 6.45) is -4.71. The highest BCUT2D eigenvalue weighted by molar-refractivity contribution is 6.67. The summed E-state index contributed by atoms with van der Waals surface area (Å²) in [6, 6.07) is 9.63. The van der Waals surface area contributed by atoms with E-state index >= 15 is 0 Å². The molecule has 2 aromatic rings. The first-order valence-corrected chi connectivity index (χ1v) is 6.23. The predicted molar refractivity (Wildman–Crippen MR) is 71.4 cm³/mol. The van der Waals surface area contributed by atoms with Crippen molar-refractivity contribution in [1.29, 1.82) is 0 Å². The van der Waals surface area contributed by atoms with Gasteiger partial charge >= 0.3 is 6.18 Å². The van der Waals surface area contributed by atoms with Gasteiger partial charge in [0.15, 0.2) is 0 Å². The molecule has 1 aromatic carbocycles. The number of rotatable bonds is 3. The molecular formula is C14H9ClF3NO2. The van der Waals surface area contributed by atoms with Crippen molar-refractivity contribution in [2.24, 2.45) is 0 Å². The summed E-state index contributed by atoms with van der Waals surface area (Å²) in [5, 5.41) is -1.09. The zero-order chi connectivity index (χ0) is 15.6. The second-order valence-electron chi connectivity index (χ2n) is 4.28. The van der Waals surface area contributed by atoms with Gasteiger partial charge in [0.1, 0.15) is 5.69 Å². The number of hydrogen-bond acceptors (Lipinski definition) is 2. The molecule has 0 N–H and O–H groups in total. The van der Waals surface area contributed by atoms with Gasteiger partial charge in [-0.2, -0.15) is 13.2 Å². The van der Waals surface area contributed by atoms with E-state index in [1.807, 2.05) is 0 Å². The summed E-state index contributed by atoms with van der Waals surface area (Å²) in [5.41, 5.74) is -2.17. The third-order valence-corrected chi connectivity index (χ3v) is 3.06. The van der Waals surface area contributed by atoms with Gasteiger partial charge in [-0.1, -0.05) is 30.3 Å². The van der Waals surface area contributed by atoms with Crippen LogP contribution in [0.1, 0.15) is 21.6 Å². The van der Waals surface area contributed by atoms with Crippen molar-refractivity contribution >= 4 is 16.8 Å². The van der Waals surface area contributed by atoms with Crippen LogP contribution in [-0.2, 0) is 12.7 Å². The molecule has 0 saturated carbocycles. The van der Waals surface area contributed by atoms with Gasteiger partial charge in [0.25, 0.3) is 10.8 Å². The van der Waals surface area contributed by atoms with E-state index in [1.165, 1.54) is 0 Å². The van der Waals surface area contributed by atoms with Gasteiger partial charge in [-0.15, -0.1) is 0 Å². The molecule has 110 valence electrons. The van der Waals surface area contributed by atoms with Gasteiger partial charge in [0.05, 0.1) is 12.1 Å². The molecule has 0 aliphatic heterocycles. The lowest BCUT2D eigenvalue weighted by molar-refractivity contribution is -0.144. The first kappa shape index (κ1) is 15.3. The number of carbonyl (C=O) groups excluding carboxylic acids is 1. The minimum absolute atomic E-state index is 0.299. The zero-order valence-corrected chi connectivity index (χ0v) is 11.3. The van der Waals surface area contributed by atoms with Crippen molar-refractivity contribution in [1.82, 2.24) is 4.57 Å². The second kappa shape index (κ2) is 5.73. The van der Waals surface area contributed by atoms with Crippen molar-refractivity contribution in [2.75, 3.05) is 0 Å². The maximum atomic E-state index is 13.0. The Balaban J connectivity index is 2.62. The van der Waals surface area contributed by atoms with Crippen LogP contribution in [0.3, 0.4) is 0 Å². The Morgan fingerprint density at radius 1 is 1.10 bits per heavy atom. The topological polar surface area (TPSA) is 39.1 Å². The number of pyridine rings is 1. The van der Waals surface area contributed by atoms with Gasteiger partial charge < -0.3 is 0 Å². The zero-order valence-electron chi connectivity index (χ0n) is 10.5.